The lowest BCUT2D eigenvalue weighted by Gasteiger charge is -2.25. The van der Waals surface area contributed by atoms with Crippen molar-refractivity contribution < 1.29 is 24.5 Å². The second kappa shape index (κ2) is 9.56. The molecule has 168 valence electrons. The van der Waals surface area contributed by atoms with Gasteiger partial charge in [-0.3, -0.25) is 14.6 Å². The van der Waals surface area contributed by atoms with E-state index in [1.54, 1.807) is 60.8 Å². The number of hydrogen-bond acceptors (Lipinski definition) is 6. The van der Waals surface area contributed by atoms with E-state index in [1.807, 2.05) is 6.92 Å². The predicted molar refractivity (Wildman–Crippen MR) is 122 cm³/mol. The van der Waals surface area contributed by atoms with Gasteiger partial charge < -0.3 is 19.8 Å². The van der Waals surface area contributed by atoms with E-state index in [0.717, 1.165) is 6.42 Å². The Kier molecular flexibility index (Phi) is 6.40. The molecular weight excluding hydrogens is 420 g/mol. The summed E-state index contributed by atoms with van der Waals surface area (Å²) in [6, 6.07) is 17.5. The SMILES string of the molecule is CCCOc1cccc(/C(O)=C2/C(=O)C(=O)N(Cc3ccccn3)C2c2ccc(O)cc2)c1. The molecule has 1 aliphatic rings. The summed E-state index contributed by atoms with van der Waals surface area (Å²) in [5.41, 5.74) is 1.55. The molecule has 1 amide bonds. The highest BCUT2D eigenvalue weighted by Gasteiger charge is 2.46. The van der Waals surface area contributed by atoms with E-state index < -0.39 is 17.7 Å². The molecule has 1 aromatic heterocycles. The molecule has 3 aromatic rings. The van der Waals surface area contributed by atoms with E-state index in [-0.39, 0.29) is 23.6 Å². The van der Waals surface area contributed by atoms with Crippen molar-refractivity contribution in [2.75, 3.05) is 6.61 Å². The van der Waals surface area contributed by atoms with Crippen molar-refractivity contribution in [2.45, 2.75) is 25.9 Å². The average molecular weight is 444 g/mol. The van der Waals surface area contributed by atoms with Gasteiger partial charge in [0.25, 0.3) is 11.7 Å². The first-order chi connectivity index (χ1) is 16.0. The Morgan fingerprint density at radius 2 is 1.85 bits per heavy atom. The van der Waals surface area contributed by atoms with E-state index in [2.05, 4.69) is 4.98 Å². The Morgan fingerprint density at radius 3 is 2.55 bits per heavy atom. The average Bonchev–Trinajstić information content (AvgIpc) is 3.08. The third-order valence-corrected chi connectivity index (χ3v) is 5.39. The van der Waals surface area contributed by atoms with Gasteiger partial charge in [0.05, 0.1) is 30.5 Å². The summed E-state index contributed by atoms with van der Waals surface area (Å²) in [7, 11) is 0. The number of rotatable bonds is 7. The van der Waals surface area contributed by atoms with Crippen LogP contribution in [-0.4, -0.2) is 38.4 Å². The molecule has 0 spiro atoms. The fourth-order valence-electron chi connectivity index (χ4n) is 3.82. The quantitative estimate of drug-likeness (QED) is 0.322. The van der Waals surface area contributed by atoms with E-state index in [9.17, 15) is 19.8 Å². The molecule has 0 bridgehead atoms. The van der Waals surface area contributed by atoms with Gasteiger partial charge in [0.1, 0.15) is 17.3 Å². The number of aliphatic hydroxyl groups excluding tert-OH is 1. The first-order valence-corrected chi connectivity index (χ1v) is 10.7. The number of pyridine rings is 1. The molecule has 1 unspecified atom stereocenters. The lowest BCUT2D eigenvalue weighted by molar-refractivity contribution is -0.140. The number of aromatic nitrogens is 1. The number of likely N-dealkylation sites (tertiary alicyclic amines) is 1. The summed E-state index contributed by atoms with van der Waals surface area (Å²) in [5, 5.41) is 20.9. The number of ether oxygens (including phenoxy) is 1. The minimum Gasteiger partial charge on any atom is -0.508 e. The van der Waals surface area contributed by atoms with Crippen LogP contribution in [0.15, 0.2) is 78.5 Å². The summed E-state index contributed by atoms with van der Waals surface area (Å²) in [4.78, 5) is 31.8. The molecular formula is C26H24N2O5. The van der Waals surface area contributed by atoms with Crippen molar-refractivity contribution in [1.82, 2.24) is 9.88 Å². The highest BCUT2D eigenvalue weighted by molar-refractivity contribution is 6.46. The number of phenols is 1. The summed E-state index contributed by atoms with van der Waals surface area (Å²) >= 11 is 0. The molecule has 0 radical (unpaired) electrons. The van der Waals surface area contributed by atoms with Crippen molar-refractivity contribution in [3.63, 3.8) is 0 Å². The minimum absolute atomic E-state index is 0.0192. The van der Waals surface area contributed by atoms with Crippen LogP contribution in [0.3, 0.4) is 0 Å². The number of carbonyl (C=O) groups is 2. The molecule has 33 heavy (non-hydrogen) atoms. The Hall–Kier alpha value is -4.13. The van der Waals surface area contributed by atoms with Crippen LogP contribution in [0.5, 0.6) is 11.5 Å². The fraction of sp³-hybridized carbons (Fsp3) is 0.192. The highest BCUT2D eigenvalue weighted by atomic mass is 16.5. The Balaban J connectivity index is 1.81. The summed E-state index contributed by atoms with van der Waals surface area (Å²) in [5.74, 6) is -1.16. The standard InChI is InChI=1S/C26H24N2O5/c1-2-14-33-21-8-5-6-18(15-21)24(30)22-23(17-9-11-20(29)12-10-17)28(26(32)25(22)31)16-19-7-3-4-13-27-19/h3-13,15,23,29-30H,2,14,16H2,1H3/b24-22-. The van der Waals surface area contributed by atoms with Crippen LogP contribution in [0.1, 0.15) is 36.2 Å². The molecule has 7 heteroatoms. The van der Waals surface area contributed by atoms with Gasteiger partial charge in [-0.1, -0.05) is 37.3 Å². The van der Waals surface area contributed by atoms with E-state index in [1.165, 1.54) is 17.0 Å². The molecule has 1 aliphatic heterocycles. The number of amides is 1. The molecule has 1 fully saturated rings. The maximum absolute atomic E-state index is 13.1. The van der Waals surface area contributed by atoms with Crippen molar-refractivity contribution in [3.8, 4) is 11.5 Å². The molecule has 2 aromatic carbocycles. The first-order valence-electron chi connectivity index (χ1n) is 10.7. The number of carbonyl (C=O) groups excluding carboxylic acids is 2. The van der Waals surface area contributed by atoms with Crippen LogP contribution >= 0.6 is 0 Å². The van der Waals surface area contributed by atoms with Gasteiger partial charge in [0.2, 0.25) is 0 Å². The smallest absolute Gasteiger partial charge is 0.296 e. The van der Waals surface area contributed by atoms with Gasteiger partial charge in [-0.15, -0.1) is 0 Å². The number of Topliss-reactive ketones (excluding diaryl/α,β-unsaturated/α-hetero) is 1. The topological polar surface area (TPSA) is 100.0 Å². The Morgan fingerprint density at radius 1 is 1.06 bits per heavy atom. The van der Waals surface area contributed by atoms with E-state index in [0.29, 0.717) is 29.2 Å². The van der Waals surface area contributed by atoms with Gasteiger partial charge >= 0.3 is 0 Å². The maximum atomic E-state index is 13.1. The second-order valence-electron chi connectivity index (χ2n) is 7.72. The van der Waals surface area contributed by atoms with Crippen molar-refractivity contribution >= 4 is 17.4 Å². The van der Waals surface area contributed by atoms with Gasteiger partial charge in [-0.25, -0.2) is 0 Å². The number of ketones is 1. The lowest BCUT2D eigenvalue weighted by Crippen LogP contribution is -2.29. The highest BCUT2D eigenvalue weighted by Crippen LogP contribution is 2.40. The predicted octanol–water partition coefficient (Wildman–Crippen LogP) is 4.20. The molecule has 0 aliphatic carbocycles. The number of nitrogens with zero attached hydrogens (tertiary/aromatic N) is 2. The Labute approximate surface area is 191 Å². The van der Waals surface area contributed by atoms with Crippen LogP contribution in [0.4, 0.5) is 0 Å². The zero-order chi connectivity index (χ0) is 23.4. The van der Waals surface area contributed by atoms with Crippen molar-refractivity contribution in [1.29, 1.82) is 0 Å². The minimum atomic E-state index is -0.840. The molecule has 4 rings (SSSR count). The third kappa shape index (κ3) is 4.57. The van der Waals surface area contributed by atoms with Crippen LogP contribution in [0.25, 0.3) is 5.76 Å². The molecule has 2 N–H and O–H groups in total. The maximum Gasteiger partial charge on any atom is 0.296 e. The van der Waals surface area contributed by atoms with Gasteiger partial charge in [-0.05, 0) is 48.4 Å². The molecule has 2 heterocycles. The molecule has 1 saturated heterocycles. The van der Waals surface area contributed by atoms with Crippen LogP contribution < -0.4 is 4.74 Å². The number of aromatic hydroxyl groups is 1. The monoisotopic (exact) mass is 444 g/mol. The van der Waals surface area contributed by atoms with Crippen LogP contribution in [0.2, 0.25) is 0 Å². The normalized spacial score (nSPS) is 17.4. The number of hydrogen-bond donors (Lipinski definition) is 2. The first kappa shape index (κ1) is 22.1. The molecule has 1 atom stereocenters. The van der Waals surface area contributed by atoms with Gasteiger partial charge in [0.15, 0.2) is 0 Å². The largest absolute Gasteiger partial charge is 0.508 e. The summed E-state index contributed by atoms with van der Waals surface area (Å²) in [6.45, 7) is 2.60. The van der Waals surface area contributed by atoms with Crippen molar-refractivity contribution in [2.24, 2.45) is 0 Å². The zero-order valence-corrected chi connectivity index (χ0v) is 18.1. The van der Waals surface area contributed by atoms with Gasteiger partial charge in [0, 0.05) is 11.8 Å². The molecule has 7 nitrogen and oxygen atoms in total. The van der Waals surface area contributed by atoms with Crippen LogP contribution in [0, 0.1) is 0 Å². The zero-order valence-electron chi connectivity index (χ0n) is 18.1. The lowest BCUT2D eigenvalue weighted by atomic mass is 9.95. The van der Waals surface area contributed by atoms with Crippen molar-refractivity contribution in [3.05, 3.63) is 95.3 Å². The third-order valence-electron chi connectivity index (χ3n) is 5.39. The number of phenolic OH excluding ortho intramolecular Hbond substituents is 1. The van der Waals surface area contributed by atoms with Gasteiger partial charge in [-0.2, -0.15) is 0 Å². The van der Waals surface area contributed by atoms with E-state index >= 15 is 0 Å². The summed E-state index contributed by atoms with van der Waals surface area (Å²) < 4.78 is 5.65. The molecule has 0 saturated carbocycles. The number of aliphatic hydroxyl groups is 1. The summed E-state index contributed by atoms with van der Waals surface area (Å²) in [6.07, 6.45) is 2.44. The second-order valence-corrected chi connectivity index (χ2v) is 7.72. The number of benzene rings is 2. The van der Waals surface area contributed by atoms with Crippen LogP contribution in [-0.2, 0) is 16.1 Å². The Bertz CT molecular complexity index is 1190. The van der Waals surface area contributed by atoms with E-state index in [4.69, 9.17) is 4.74 Å². The fourth-order valence-corrected chi connectivity index (χ4v) is 3.82.